The summed E-state index contributed by atoms with van der Waals surface area (Å²) in [6.45, 7) is 2.02. The van der Waals surface area contributed by atoms with E-state index in [1.807, 2.05) is 6.07 Å². The van der Waals surface area contributed by atoms with Gasteiger partial charge < -0.3 is 5.73 Å². The van der Waals surface area contributed by atoms with Crippen LogP contribution in [0.4, 0.5) is 0 Å². The van der Waals surface area contributed by atoms with Crippen molar-refractivity contribution in [2.45, 2.75) is 50.0 Å². The van der Waals surface area contributed by atoms with E-state index >= 15 is 0 Å². The standard InChI is InChI=1S/C16H23N3O2S.ClH/c1-12-7-8-13(10-17)9-16(12)22(20,21)19-15(11-18)14-5-3-2-4-6-14;/h7-9,14-15,19H,2-6,11,18H2,1H3;1H. The predicted molar refractivity (Wildman–Crippen MR) is 92.9 cm³/mol. The molecule has 3 N–H and O–H groups in total. The van der Waals surface area contributed by atoms with Crippen molar-refractivity contribution in [3.8, 4) is 6.07 Å². The molecule has 1 atom stereocenters. The molecule has 1 saturated carbocycles. The molecular weight excluding hydrogens is 334 g/mol. The van der Waals surface area contributed by atoms with Gasteiger partial charge in [-0.2, -0.15) is 5.26 Å². The molecule has 128 valence electrons. The summed E-state index contributed by atoms with van der Waals surface area (Å²) in [5.41, 5.74) is 6.77. The fraction of sp³-hybridized carbons (Fsp3) is 0.562. The van der Waals surface area contributed by atoms with E-state index < -0.39 is 10.0 Å². The first kappa shape index (κ1) is 19.9. The van der Waals surface area contributed by atoms with Gasteiger partial charge in [0.15, 0.2) is 0 Å². The lowest BCUT2D eigenvalue weighted by atomic mass is 9.84. The first-order valence-corrected chi connectivity index (χ1v) is 9.19. The van der Waals surface area contributed by atoms with E-state index in [2.05, 4.69) is 4.72 Å². The summed E-state index contributed by atoms with van der Waals surface area (Å²) in [5.74, 6) is 0.299. The van der Waals surface area contributed by atoms with Crippen LogP contribution in [0.2, 0.25) is 0 Å². The second-order valence-electron chi connectivity index (χ2n) is 5.95. The van der Waals surface area contributed by atoms with Gasteiger partial charge in [0.25, 0.3) is 0 Å². The van der Waals surface area contributed by atoms with E-state index in [0.29, 0.717) is 23.6 Å². The SMILES string of the molecule is Cc1ccc(C#N)cc1S(=O)(=O)NC(CN)C1CCCCC1.Cl. The lowest BCUT2D eigenvalue weighted by Gasteiger charge is -2.30. The van der Waals surface area contributed by atoms with Crippen molar-refractivity contribution < 1.29 is 8.42 Å². The van der Waals surface area contributed by atoms with E-state index in [1.165, 1.54) is 12.5 Å². The van der Waals surface area contributed by atoms with Gasteiger partial charge in [0.2, 0.25) is 10.0 Å². The zero-order valence-corrected chi connectivity index (χ0v) is 14.9. The van der Waals surface area contributed by atoms with Crippen molar-refractivity contribution in [1.82, 2.24) is 4.72 Å². The highest BCUT2D eigenvalue weighted by molar-refractivity contribution is 7.89. The average molecular weight is 358 g/mol. The average Bonchev–Trinajstić information content (AvgIpc) is 2.53. The van der Waals surface area contributed by atoms with Crippen LogP contribution in [-0.2, 0) is 10.0 Å². The maximum atomic E-state index is 12.7. The molecule has 7 heteroatoms. The van der Waals surface area contributed by atoms with Gasteiger partial charge >= 0.3 is 0 Å². The number of hydrogen-bond donors (Lipinski definition) is 2. The lowest BCUT2D eigenvalue weighted by molar-refractivity contribution is 0.294. The van der Waals surface area contributed by atoms with Crippen molar-refractivity contribution in [3.63, 3.8) is 0 Å². The number of benzene rings is 1. The van der Waals surface area contributed by atoms with E-state index in [9.17, 15) is 8.42 Å². The number of rotatable bonds is 5. The summed E-state index contributed by atoms with van der Waals surface area (Å²) in [4.78, 5) is 0.167. The van der Waals surface area contributed by atoms with Crippen molar-refractivity contribution in [2.75, 3.05) is 6.54 Å². The summed E-state index contributed by atoms with van der Waals surface area (Å²) >= 11 is 0. The van der Waals surface area contributed by atoms with E-state index in [4.69, 9.17) is 11.0 Å². The first-order chi connectivity index (χ1) is 10.5. The van der Waals surface area contributed by atoms with Gasteiger partial charge in [-0.1, -0.05) is 25.3 Å². The van der Waals surface area contributed by atoms with Crippen molar-refractivity contribution >= 4 is 22.4 Å². The number of nitrogens with zero attached hydrogens (tertiary/aromatic N) is 1. The minimum absolute atomic E-state index is 0. The van der Waals surface area contributed by atoms with Gasteiger partial charge in [-0.05, 0) is 43.4 Å². The highest BCUT2D eigenvalue weighted by Crippen LogP contribution is 2.27. The molecule has 0 bridgehead atoms. The van der Waals surface area contributed by atoms with Crippen LogP contribution in [0.15, 0.2) is 23.1 Å². The number of nitriles is 1. The maximum Gasteiger partial charge on any atom is 0.241 e. The number of halogens is 1. The lowest BCUT2D eigenvalue weighted by Crippen LogP contribution is -2.45. The quantitative estimate of drug-likeness (QED) is 0.846. The number of nitrogens with two attached hydrogens (primary N) is 1. The fourth-order valence-electron chi connectivity index (χ4n) is 3.10. The molecule has 2 rings (SSSR count). The summed E-state index contributed by atoms with van der Waals surface area (Å²) < 4.78 is 28.1. The zero-order chi connectivity index (χ0) is 16.2. The highest BCUT2D eigenvalue weighted by Gasteiger charge is 2.28. The molecule has 1 unspecified atom stereocenters. The third-order valence-corrected chi connectivity index (χ3v) is 6.02. The second kappa shape index (κ2) is 8.65. The van der Waals surface area contributed by atoms with Crippen LogP contribution in [0.1, 0.15) is 43.2 Å². The van der Waals surface area contributed by atoms with Crippen LogP contribution < -0.4 is 10.5 Å². The molecule has 1 aromatic carbocycles. The van der Waals surface area contributed by atoms with Gasteiger partial charge in [0.05, 0.1) is 16.5 Å². The van der Waals surface area contributed by atoms with Gasteiger partial charge in [-0.25, -0.2) is 13.1 Å². The number of sulfonamides is 1. The predicted octanol–water partition coefficient (Wildman–Crippen LogP) is 2.47. The Morgan fingerprint density at radius 3 is 2.57 bits per heavy atom. The van der Waals surface area contributed by atoms with Gasteiger partial charge in [0.1, 0.15) is 0 Å². The molecule has 1 aliphatic carbocycles. The van der Waals surface area contributed by atoms with E-state index in [-0.39, 0.29) is 23.3 Å². The van der Waals surface area contributed by atoms with Gasteiger partial charge in [-0.3, -0.25) is 0 Å². The molecule has 0 saturated heterocycles. The molecule has 5 nitrogen and oxygen atoms in total. The molecule has 0 aliphatic heterocycles. The minimum atomic E-state index is -3.67. The van der Waals surface area contributed by atoms with Crippen LogP contribution in [0.25, 0.3) is 0 Å². The summed E-state index contributed by atoms with van der Waals surface area (Å²) in [5, 5.41) is 8.97. The fourth-order valence-corrected chi connectivity index (χ4v) is 4.68. The smallest absolute Gasteiger partial charge is 0.241 e. The molecule has 0 aromatic heterocycles. The molecule has 1 fully saturated rings. The number of nitrogens with one attached hydrogen (secondary N) is 1. The molecule has 1 aliphatic rings. The van der Waals surface area contributed by atoms with Gasteiger partial charge in [-0.15, -0.1) is 12.4 Å². The Labute approximate surface area is 144 Å². The van der Waals surface area contributed by atoms with Crippen molar-refractivity contribution in [2.24, 2.45) is 11.7 Å². The molecule has 0 amide bonds. The van der Waals surface area contributed by atoms with Crippen LogP contribution in [0, 0.1) is 24.2 Å². The van der Waals surface area contributed by atoms with E-state index in [1.54, 1.807) is 19.1 Å². The Morgan fingerprint density at radius 1 is 1.35 bits per heavy atom. The third-order valence-electron chi connectivity index (χ3n) is 4.39. The van der Waals surface area contributed by atoms with E-state index in [0.717, 1.165) is 25.7 Å². The van der Waals surface area contributed by atoms with Crippen molar-refractivity contribution in [3.05, 3.63) is 29.3 Å². The first-order valence-electron chi connectivity index (χ1n) is 7.71. The highest BCUT2D eigenvalue weighted by atomic mass is 35.5. The zero-order valence-electron chi connectivity index (χ0n) is 13.3. The van der Waals surface area contributed by atoms with Crippen molar-refractivity contribution in [1.29, 1.82) is 5.26 Å². The molecule has 1 aromatic rings. The van der Waals surface area contributed by atoms with Crippen LogP contribution in [-0.4, -0.2) is 21.0 Å². The Morgan fingerprint density at radius 2 is 2.00 bits per heavy atom. The van der Waals surface area contributed by atoms with Gasteiger partial charge in [0, 0.05) is 12.6 Å². The molecule has 0 heterocycles. The summed E-state index contributed by atoms with van der Waals surface area (Å²) in [6, 6.07) is 6.44. The summed E-state index contributed by atoms with van der Waals surface area (Å²) in [6.07, 6.45) is 5.50. The maximum absolute atomic E-state index is 12.7. The Kier molecular flexibility index (Phi) is 7.49. The number of hydrogen-bond acceptors (Lipinski definition) is 4. The summed E-state index contributed by atoms with van der Waals surface area (Å²) in [7, 11) is -3.67. The molecule has 23 heavy (non-hydrogen) atoms. The largest absolute Gasteiger partial charge is 0.329 e. The molecule has 0 radical (unpaired) electrons. The monoisotopic (exact) mass is 357 g/mol. The van der Waals surface area contributed by atoms with Crippen LogP contribution in [0.5, 0.6) is 0 Å². The normalized spacial score (nSPS) is 17.1. The van der Waals surface area contributed by atoms with Crippen LogP contribution in [0.3, 0.4) is 0 Å². The number of aryl methyl sites for hydroxylation is 1. The Balaban J connectivity index is 0.00000264. The Bertz CT molecular complexity index is 664. The molecule has 0 spiro atoms. The minimum Gasteiger partial charge on any atom is -0.329 e. The topological polar surface area (TPSA) is 96.0 Å². The van der Waals surface area contributed by atoms with Crippen LogP contribution >= 0.6 is 12.4 Å². The Hall–Kier alpha value is -1.13. The second-order valence-corrected chi connectivity index (χ2v) is 7.64. The third kappa shape index (κ3) is 4.92. The molecular formula is C16H24ClN3O2S.